The lowest BCUT2D eigenvalue weighted by Gasteiger charge is -2.29. The zero-order valence-electron chi connectivity index (χ0n) is 35.9. The third kappa shape index (κ3) is 6.66. The Balaban J connectivity index is 1.02. The Kier molecular flexibility index (Phi) is 9.64. The van der Waals surface area contributed by atoms with Crippen LogP contribution in [-0.2, 0) is 0 Å². The van der Waals surface area contributed by atoms with Crippen molar-refractivity contribution in [1.29, 1.82) is 0 Å². The van der Waals surface area contributed by atoms with Gasteiger partial charge in [0.1, 0.15) is 0 Å². The van der Waals surface area contributed by atoms with Gasteiger partial charge in [-0.3, -0.25) is 0 Å². The molecule has 0 aliphatic heterocycles. The smallest absolute Gasteiger partial charge is 0.0619 e. The van der Waals surface area contributed by atoms with Crippen LogP contribution in [0.25, 0.3) is 82.4 Å². The van der Waals surface area contributed by atoms with Crippen molar-refractivity contribution < 1.29 is 0 Å². The second kappa shape index (κ2) is 16.2. The normalized spacial score (nSPS) is 13.2. The Bertz CT molecular complexity index is 3460. The van der Waals surface area contributed by atoms with E-state index in [1.165, 1.54) is 114 Å². The van der Waals surface area contributed by atoms with Gasteiger partial charge >= 0.3 is 0 Å². The number of nitrogens with zero attached hydrogens (tertiary/aromatic N) is 2. The summed E-state index contributed by atoms with van der Waals surface area (Å²) >= 11 is 0. The van der Waals surface area contributed by atoms with Crippen molar-refractivity contribution in [3.63, 3.8) is 0 Å². The molecule has 1 aromatic heterocycles. The minimum atomic E-state index is 0.585. The van der Waals surface area contributed by atoms with E-state index in [0.717, 1.165) is 22.7 Å². The summed E-state index contributed by atoms with van der Waals surface area (Å²) in [7, 11) is 0. The number of benzene rings is 10. The lowest BCUT2D eigenvalue weighted by Crippen LogP contribution is -2.11. The second-order valence-corrected chi connectivity index (χ2v) is 17.5. The maximum absolute atomic E-state index is 2.47. The maximum atomic E-state index is 2.47. The van der Waals surface area contributed by atoms with Gasteiger partial charge in [-0.2, -0.15) is 0 Å². The molecule has 1 saturated carbocycles. The Hall–Kier alpha value is -7.68. The minimum absolute atomic E-state index is 0.585. The standard InChI is InChI=1S/C62H48N2/c1-3-17-45(18-4-1)53-26-13-20-47-21-14-28-57(61(47)53)55-24-9-11-30-59(55)63(51-38-34-44(35-39-51)49-33-32-43-16-7-8-19-48(43)42-49)52-40-36-46(37-41-52)54-27-15-29-58-56-25-10-12-31-60(56)64(62(54)58)50-22-5-2-6-23-50/h2,5-16,19-42,45H,1,3-4,17-18H2. The van der Waals surface area contributed by atoms with Crippen LogP contribution in [0.3, 0.4) is 0 Å². The van der Waals surface area contributed by atoms with Gasteiger partial charge in [0.15, 0.2) is 0 Å². The zero-order chi connectivity index (χ0) is 42.4. The Labute approximate surface area is 375 Å². The molecule has 0 bridgehead atoms. The molecule has 0 saturated heterocycles. The van der Waals surface area contributed by atoms with E-state index in [1.807, 2.05) is 0 Å². The van der Waals surface area contributed by atoms with Crippen LogP contribution < -0.4 is 4.90 Å². The van der Waals surface area contributed by atoms with Crippen LogP contribution in [0.4, 0.5) is 17.1 Å². The van der Waals surface area contributed by atoms with E-state index in [0.29, 0.717) is 5.92 Å². The lowest BCUT2D eigenvalue weighted by molar-refractivity contribution is 0.445. The van der Waals surface area contributed by atoms with Crippen molar-refractivity contribution in [2.75, 3.05) is 4.90 Å². The topological polar surface area (TPSA) is 8.17 Å². The first-order valence-electron chi connectivity index (χ1n) is 23.0. The molecule has 0 amide bonds. The number of para-hydroxylation sites is 4. The Morgan fingerprint density at radius 2 is 0.984 bits per heavy atom. The molecule has 2 heteroatoms. The molecular formula is C62H48N2. The molecule has 0 spiro atoms. The van der Waals surface area contributed by atoms with E-state index < -0.39 is 0 Å². The van der Waals surface area contributed by atoms with E-state index in [1.54, 1.807) is 0 Å². The van der Waals surface area contributed by atoms with E-state index in [4.69, 9.17) is 0 Å². The van der Waals surface area contributed by atoms with Crippen LogP contribution in [0.5, 0.6) is 0 Å². The average molecular weight is 821 g/mol. The number of hydrogen-bond donors (Lipinski definition) is 0. The molecule has 0 radical (unpaired) electrons. The largest absolute Gasteiger partial charge is 0.310 e. The van der Waals surface area contributed by atoms with Crippen LogP contribution in [-0.4, -0.2) is 4.57 Å². The third-order valence-electron chi connectivity index (χ3n) is 13.8. The highest BCUT2D eigenvalue weighted by Gasteiger charge is 2.23. The molecule has 0 N–H and O–H groups in total. The first kappa shape index (κ1) is 38.0. The summed E-state index contributed by atoms with van der Waals surface area (Å²) in [5.41, 5.74) is 15.8. The van der Waals surface area contributed by atoms with Gasteiger partial charge in [-0.1, -0.05) is 189 Å². The second-order valence-electron chi connectivity index (χ2n) is 17.5. The molecule has 306 valence electrons. The molecular weight excluding hydrogens is 773 g/mol. The molecule has 1 fully saturated rings. The molecule has 64 heavy (non-hydrogen) atoms. The van der Waals surface area contributed by atoms with Crippen LogP contribution >= 0.6 is 0 Å². The Morgan fingerprint density at radius 3 is 1.80 bits per heavy atom. The first-order chi connectivity index (χ1) is 31.8. The molecule has 1 aliphatic carbocycles. The Morgan fingerprint density at radius 1 is 0.391 bits per heavy atom. The van der Waals surface area contributed by atoms with Crippen molar-refractivity contribution in [2.45, 2.75) is 38.0 Å². The van der Waals surface area contributed by atoms with Crippen molar-refractivity contribution >= 4 is 60.4 Å². The number of hydrogen-bond acceptors (Lipinski definition) is 1. The van der Waals surface area contributed by atoms with Gasteiger partial charge in [-0.05, 0) is 123 Å². The fourth-order valence-corrected chi connectivity index (χ4v) is 10.7. The summed E-state index contributed by atoms with van der Waals surface area (Å²) in [6.07, 6.45) is 6.48. The van der Waals surface area contributed by atoms with E-state index >= 15 is 0 Å². The fraction of sp³-hybridized carbons (Fsp3) is 0.0968. The van der Waals surface area contributed by atoms with Crippen LogP contribution in [0, 0.1) is 0 Å². The zero-order valence-corrected chi connectivity index (χ0v) is 35.9. The van der Waals surface area contributed by atoms with Gasteiger partial charge in [-0.25, -0.2) is 0 Å². The molecule has 1 heterocycles. The summed E-state index contributed by atoms with van der Waals surface area (Å²) in [5, 5.41) is 7.73. The third-order valence-corrected chi connectivity index (χ3v) is 13.8. The highest BCUT2D eigenvalue weighted by atomic mass is 15.1. The number of aromatic nitrogens is 1. The van der Waals surface area contributed by atoms with Crippen LogP contribution in [0.2, 0.25) is 0 Å². The van der Waals surface area contributed by atoms with Crippen molar-refractivity contribution in [1.82, 2.24) is 4.57 Å². The summed E-state index contributed by atoms with van der Waals surface area (Å²) in [5.74, 6) is 0.585. The van der Waals surface area contributed by atoms with Gasteiger partial charge < -0.3 is 9.47 Å². The van der Waals surface area contributed by atoms with Crippen LogP contribution in [0.1, 0.15) is 43.6 Å². The quantitative estimate of drug-likeness (QED) is 0.148. The van der Waals surface area contributed by atoms with Gasteiger partial charge in [-0.15, -0.1) is 0 Å². The molecule has 12 rings (SSSR count). The van der Waals surface area contributed by atoms with Gasteiger partial charge in [0.05, 0.1) is 16.7 Å². The summed E-state index contributed by atoms with van der Waals surface area (Å²) < 4.78 is 2.43. The van der Waals surface area contributed by atoms with Crippen LogP contribution in [0.15, 0.2) is 224 Å². The maximum Gasteiger partial charge on any atom is 0.0619 e. The molecule has 11 aromatic rings. The summed E-state index contributed by atoms with van der Waals surface area (Å²) in [6, 6.07) is 83.0. The predicted molar refractivity (Wildman–Crippen MR) is 273 cm³/mol. The van der Waals surface area contributed by atoms with Crippen molar-refractivity contribution in [3.8, 4) is 39.1 Å². The van der Waals surface area contributed by atoms with Crippen molar-refractivity contribution in [3.05, 3.63) is 230 Å². The number of rotatable bonds is 8. The van der Waals surface area contributed by atoms with E-state index in [9.17, 15) is 0 Å². The van der Waals surface area contributed by atoms with Gasteiger partial charge in [0.2, 0.25) is 0 Å². The minimum Gasteiger partial charge on any atom is -0.310 e. The summed E-state index contributed by atoms with van der Waals surface area (Å²) in [6.45, 7) is 0. The first-order valence-corrected chi connectivity index (χ1v) is 23.0. The molecule has 10 aromatic carbocycles. The monoisotopic (exact) mass is 820 g/mol. The molecule has 0 atom stereocenters. The SMILES string of the molecule is c1ccc(-n2c3ccccc3c3cccc(-c4ccc(N(c5ccc(-c6ccc7ccccc7c6)cc5)c5ccccc5-c5cccc6cccc(C7CCCCC7)c56)cc4)c32)cc1. The van der Waals surface area contributed by atoms with Crippen molar-refractivity contribution in [2.24, 2.45) is 0 Å². The predicted octanol–water partition coefficient (Wildman–Crippen LogP) is 17.6. The molecule has 2 nitrogen and oxygen atoms in total. The van der Waals surface area contributed by atoms with E-state index in [2.05, 4.69) is 234 Å². The average Bonchev–Trinajstić information content (AvgIpc) is 3.72. The van der Waals surface area contributed by atoms with E-state index in [-0.39, 0.29) is 0 Å². The molecule has 1 aliphatic rings. The summed E-state index contributed by atoms with van der Waals surface area (Å²) in [4.78, 5) is 2.47. The van der Waals surface area contributed by atoms with Gasteiger partial charge in [0, 0.05) is 39.0 Å². The highest BCUT2D eigenvalue weighted by molar-refractivity contribution is 6.14. The fourth-order valence-electron chi connectivity index (χ4n) is 10.7. The number of fused-ring (bicyclic) bond motifs is 5. The molecule has 0 unspecified atom stereocenters. The highest BCUT2D eigenvalue weighted by Crippen LogP contribution is 2.47. The lowest BCUT2D eigenvalue weighted by atomic mass is 9.80. The number of anilines is 3. The van der Waals surface area contributed by atoms with Gasteiger partial charge in [0.25, 0.3) is 0 Å².